The van der Waals surface area contributed by atoms with Gasteiger partial charge in [-0.3, -0.25) is 14.4 Å². The van der Waals surface area contributed by atoms with Gasteiger partial charge in [-0.25, -0.2) is 0 Å². The van der Waals surface area contributed by atoms with Gasteiger partial charge in [-0.05, 0) is 35.9 Å². The summed E-state index contributed by atoms with van der Waals surface area (Å²) in [7, 11) is 0. The summed E-state index contributed by atoms with van der Waals surface area (Å²) in [5, 5.41) is 2.93. The Labute approximate surface area is 180 Å². The number of primary amides is 1. The SMILES string of the molecule is CCC(C(=O)NCCC(C)C)N(Cc1ccccc1)C(=O)c1snc(C(N)=O)c1N. The van der Waals surface area contributed by atoms with Crippen LogP contribution in [-0.4, -0.2) is 39.6 Å². The van der Waals surface area contributed by atoms with E-state index < -0.39 is 17.9 Å². The molecule has 0 saturated carbocycles. The smallest absolute Gasteiger partial charge is 0.270 e. The summed E-state index contributed by atoms with van der Waals surface area (Å²) in [6.07, 6.45) is 1.27. The highest BCUT2D eigenvalue weighted by Gasteiger charge is 2.32. The molecule has 30 heavy (non-hydrogen) atoms. The lowest BCUT2D eigenvalue weighted by Crippen LogP contribution is -2.49. The van der Waals surface area contributed by atoms with Gasteiger partial charge in [-0.1, -0.05) is 51.1 Å². The van der Waals surface area contributed by atoms with Crippen molar-refractivity contribution in [1.29, 1.82) is 0 Å². The Balaban J connectivity index is 2.34. The fourth-order valence-electron chi connectivity index (χ4n) is 3.01. The summed E-state index contributed by atoms with van der Waals surface area (Å²) >= 11 is 0.814. The van der Waals surface area contributed by atoms with Gasteiger partial charge < -0.3 is 21.7 Å². The van der Waals surface area contributed by atoms with Crippen LogP contribution < -0.4 is 16.8 Å². The molecule has 5 N–H and O–H groups in total. The topological polar surface area (TPSA) is 131 Å². The van der Waals surface area contributed by atoms with Crippen LogP contribution in [0.25, 0.3) is 0 Å². The Hall–Kier alpha value is -2.94. The molecule has 0 radical (unpaired) electrons. The third-order valence-electron chi connectivity index (χ3n) is 4.70. The Kier molecular flexibility index (Phi) is 8.35. The number of carbonyl (C=O) groups excluding carboxylic acids is 3. The third kappa shape index (κ3) is 5.79. The fourth-order valence-corrected chi connectivity index (χ4v) is 3.77. The van der Waals surface area contributed by atoms with Gasteiger partial charge >= 0.3 is 0 Å². The first-order valence-electron chi connectivity index (χ1n) is 9.93. The molecule has 0 aliphatic rings. The Morgan fingerprint density at radius 1 is 1.20 bits per heavy atom. The highest BCUT2D eigenvalue weighted by atomic mass is 32.1. The van der Waals surface area contributed by atoms with Gasteiger partial charge in [0, 0.05) is 13.1 Å². The van der Waals surface area contributed by atoms with E-state index in [1.165, 1.54) is 4.90 Å². The quantitative estimate of drug-likeness (QED) is 0.531. The molecule has 1 unspecified atom stereocenters. The van der Waals surface area contributed by atoms with Crippen molar-refractivity contribution in [2.75, 3.05) is 12.3 Å². The summed E-state index contributed by atoms with van der Waals surface area (Å²) < 4.78 is 3.92. The van der Waals surface area contributed by atoms with Crippen LogP contribution in [0.15, 0.2) is 30.3 Å². The average molecular weight is 432 g/mol. The Bertz CT molecular complexity index is 882. The number of amides is 3. The molecule has 1 atom stereocenters. The zero-order valence-electron chi connectivity index (χ0n) is 17.6. The van der Waals surface area contributed by atoms with E-state index in [1.54, 1.807) is 0 Å². The number of benzene rings is 1. The summed E-state index contributed by atoms with van der Waals surface area (Å²) in [6, 6.07) is 8.69. The minimum Gasteiger partial charge on any atom is -0.395 e. The van der Waals surface area contributed by atoms with E-state index >= 15 is 0 Å². The lowest BCUT2D eigenvalue weighted by Gasteiger charge is -2.30. The second-order valence-electron chi connectivity index (χ2n) is 7.45. The second kappa shape index (κ2) is 10.7. The molecule has 1 heterocycles. The maximum absolute atomic E-state index is 13.4. The summed E-state index contributed by atoms with van der Waals surface area (Å²) in [4.78, 5) is 39.3. The third-order valence-corrected chi connectivity index (χ3v) is 5.55. The zero-order chi connectivity index (χ0) is 22.3. The Morgan fingerprint density at radius 2 is 1.87 bits per heavy atom. The largest absolute Gasteiger partial charge is 0.395 e. The number of nitrogens with zero attached hydrogens (tertiary/aromatic N) is 2. The maximum atomic E-state index is 13.4. The van der Waals surface area contributed by atoms with Gasteiger partial charge in [0.1, 0.15) is 10.9 Å². The van der Waals surface area contributed by atoms with Gasteiger partial charge in [-0.2, -0.15) is 4.37 Å². The van der Waals surface area contributed by atoms with E-state index in [2.05, 4.69) is 23.5 Å². The summed E-state index contributed by atoms with van der Waals surface area (Å²) in [6.45, 7) is 6.77. The van der Waals surface area contributed by atoms with Crippen molar-refractivity contribution in [3.8, 4) is 0 Å². The number of nitrogens with one attached hydrogen (secondary N) is 1. The molecule has 0 saturated heterocycles. The summed E-state index contributed by atoms with van der Waals surface area (Å²) in [5.74, 6) is -1.01. The highest BCUT2D eigenvalue weighted by molar-refractivity contribution is 7.09. The molecule has 2 rings (SSSR count). The second-order valence-corrected chi connectivity index (χ2v) is 8.23. The first-order chi connectivity index (χ1) is 14.3. The van der Waals surface area contributed by atoms with Crippen LogP contribution >= 0.6 is 11.5 Å². The van der Waals surface area contributed by atoms with Crippen LogP contribution in [0.2, 0.25) is 0 Å². The van der Waals surface area contributed by atoms with E-state index in [9.17, 15) is 14.4 Å². The van der Waals surface area contributed by atoms with Crippen LogP contribution in [0, 0.1) is 5.92 Å². The average Bonchev–Trinajstić information content (AvgIpc) is 3.09. The van der Waals surface area contributed by atoms with E-state index in [0.717, 1.165) is 23.5 Å². The Morgan fingerprint density at radius 3 is 2.40 bits per heavy atom. The summed E-state index contributed by atoms with van der Waals surface area (Å²) in [5.41, 5.74) is 11.9. The fraction of sp³-hybridized carbons (Fsp3) is 0.429. The molecule has 0 aliphatic heterocycles. The van der Waals surface area contributed by atoms with Crippen molar-refractivity contribution in [3.05, 3.63) is 46.5 Å². The molecule has 3 amide bonds. The first-order valence-corrected chi connectivity index (χ1v) is 10.7. The molecule has 1 aromatic heterocycles. The van der Waals surface area contributed by atoms with Crippen LogP contribution in [-0.2, 0) is 11.3 Å². The molecule has 0 fully saturated rings. The normalized spacial score (nSPS) is 11.9. The van der Waals surface area contributed by atoms with Gasteiger partial charge in [0.15, 0.2) is 5.69 Å². The molecule has 162 valence electrons. The number of anilines is 1. The molecule has 9 heteroatoms. The first kappa shape index (κ1) is 23.3. The number of nitrogen functional groups attached to an aromatic ring is 1. The number of carbonyl (C=O) groups is 3. The molecular formula is C21H29N5O3S. The van der Waals surface area contributed by atoms with Gasteiger partial charge in [0.2, 0.25) is 5.91 Å². The monoisotopic (exact) mass is 431 g/mol. The molecule has 0 spiro atoms. The predicted octanol–water partition coefficient (Wildman–Crippen LogP) is 2.41. The van der Waals surface area contributed by atoms with Crippen molar-refractivity contribution in [3.63, 3.8) is 0 Å². The maximum Gasteiger partial charge on any atom is 0.270 e. The van der Waals surface area contributed by atoms with E-state index in [1.807, 2.05) is 37.3 Å². The minimum atomic E-state index is -0.795. The zero-order valence-corrected chi connectivity index (χ0v) is 18.4. The number of hydrogen-bond donors (Lipinski definition) is 3. The van der Waals surface area contributed by atoms with Gasteiger partial charge in [0.05, 0.1) is 5.69 Å². The highest BCUT2D eigenvalue weighted by Crippen LogP contribution is 2.25. The molecule has 0 aliphatic carbocycles. The van der Waals surface area contributed by atoms with E-state index in [4.69, 9.17) is 11.5 Å². The standard InChI is InChI=1S/C21H29N5O3S/c1-4-15(20(28)24-11-10-13(2)3)26(12-14-8-6-5-7-9-14)21(29)18-16(22)17(19(23)27)25-30-18/h5-9,13,15H,4,10-12,22H2,1-3H3,(H2,23,27)(H,24,28). The lowest BCUT2D eigenvalue weighted by atomic mass is 10.1. The number of aromatic nitrogens is 1. The van der Waals surface area contributed by atoms with E-state index in [-0.39, 0.29) is 28.7 Å². The van der Waals surface area contributed by atoms with E-state index in [0.29, 0.717) is 18.9 Å². The van der Waals surface area contributed by atoms with Crippen molar-refractivity contribution in [2.45, 2.75) is 46.2 Å². The van der Waals surface area contributed by atoms with Crippen LogP contribution in [0.3, 0.4) is 0 Å². The molecule has 1 aromatic carbocycles. The van der Waals surface area contributed by atoms with Crippen molar-refractivity contribution >= 4 is 34.9 Å². The predicted molar refractivity (Wildman–Crippen MR) is 118 cm³/mol. The van der Waals surface area contributed by atoms with Gasteiger partial charge in [0.25, 0.3) is 11.8 Å². The van der Waals surface area contributed by atoms with Crippen molar-refractivity contribution < 1.29 is 14.4 Å². The number of rotatable bonds is 10. The molecule has 0 bridgehead atoms. The van der Waals surface area contributed by atoms with Crippen molar-refractivity contribution in [1.82, 2.24) is 14.6 Å². The van der Waals surface area contributed by atoms with Crippen LogP contribution in [0.4, 0.5) is 5.69 Å². The lowest BCUT2D eigenvalue weighted by molar-refractivity contribution is -0.126. The minimum absolute atomic E-state index is 0.0503. The van der Waals surface area contributed by atoms with Crippen molar-refractivity contribution in [2.24, 2.45) is 11.7 Å². The molecule has 8 nitrogen and oxygen atoms in total. The van der Waals surface area contributed by atoms with Crippen LogP contribution in [0.1, 0.15) is 59.3 Å². The number of nitrogens with two attached hydrogens (primary N) is 2. The molecule has 2 aromatic rings. The number of hydrogen-bond acceptors (Lipinski definition) is 6. The van der Waals surface area contributed by atoms with Gasteiger partial charge in [-0.15, -0.1) is 0 Å². The molecular weight excluding hydrogens is 402 g/mol. The van der Waals surface area contributed by atoms with Crippen LogP contribution in [0.5, 0.6) is 0 Å².